The number of aromatic hydroxyl groups is 1. The molecule has 0 saturated heterocycles. The van der Waals surface area contributed by atoms with Crippen molar-refractivity contribution in [1.82, 2.24) is 0 Å². The summed E-state index contributed by atoms with van der Waals surface area (Å²) in [4.78, 5) is 9.00. The van der Waals surface area contributed by atoms with Crippen LogP contribution in [0.15, 0.2) is 36.9 Å². The average Bonchev–Trinajstić information content (AvgIpc) is 2.08. The van der Waals surface area contributed by atoms with Crippen LogP contribution in [0.1, 0.15) is 12.5 Å². The van der Waals surface area contributed by atoms with E-state index in [1.54, 1.807) is 12.1 Å². The predicted octanol–water partition coefficient (Wildman–Crippen LogP) is 2.21. The van der Waals surface area contributed by atoms with Crippen LogP contribution in [0.5, 0.6) is 5.75 Å². The lowest BCUT2D eigenvalue weighted by Gasteiger charge is -1.97. The molecule has 3 nitrogen and oxygen atoms in total. The van der Waals surface area contributed by atoms with Crippen LogP contribution in [0.25, 0.3) is 0 Å². The molecule has 0 saturated carbocycles. The molecule has 0 fully saturated rings. The molecule has 1 aromatic rings. The fourth-order valence-corrected chi connectivity index (χ4v) is 0.839. The first kappa shape index (κ1) is 12.2. The van der Waals surface area contributed by atoms with Gasteiger partial charge in [0.2, 0.25) is 0 Å². The van der Waals surface area contributed by atoms with Gasteiger partial charge in [0.25, 0.3) is 5.97 Å². The van der Waals surface area contributed by atoms with Crippen molar-refractivity contribution in [2.24, 2.45) is 0 Å². The highest BCUT2D eigenvalue weighted by molar-refractivity contribution is 5.62. The van der Waals surface area contributed by atoms with Crippen molar-refractivity contribution < 1.29 is 15.0 Å². The number of aliphatic carboxylic acids is 1. The molecule has 0 aliphatic carbocycles. The van der Waals surface area contributed by atoms with Crippen molar-refractivity contribution in [2.75, 3.05) is 0 Å². The predicted molar refractivity (Wildman–Crippen MR) is 55.3 cm³/mol. The van der Waals surface area contributed by atoms with E-state index in [1.807, 2.05) is 18.2 Å². The summed E-state index contributed by atoms with van der Waals surface area (Å²) in [7, 11) is 0. The monoisotopic (exact) mass is 194 g/mol. The molecule has 76 valence electrons. The summed E-state index contributed by atoms with van der Waals surface area (Å²) in [6.45, 7) is 4.67. The second-order valence-electron chi connectivity index (χ2n) is 2.64. The largest absolute Gasteiger partial charge is 0.508 e. The lowest BCUT2D eigenvalue weighted by Crippen LogP contribution is -1.79. The second-order valence-corrected chi connectivity index (χ2v) is 2.64. The van der Waals surface area contributed by atoms with Crippen LogP contribution < -0.4 is 0 Å². The van der Waals surface area contributed by atoms with Gasteiger partial charge in [0.1, 0.15) is 5.75 Å². The van der Waals surface area contributed by atoms with Gasteiger partial charge in [-0.05, 0) is 18.1 Å². The van der Waals surface area contributed by atoms with E-state index in [-0.39, 0.29) is 0 Å². The van der Waals surface area contributed by atoms with Gasteiger partial charge in [0, 0.05) is 6.92 Å². The minimum absolute atomic E-state index is 0.349. The molecule has 0 aromatic heterocycles. The molecule has 0 amide bonds. The number of carboxylic acids is 1. The molecule has 3 heteroatoms. The van der Waals surface area contributed by atoms with E-state index in [2.05, 4.69) is 6.58 Å². The Hall–Kier alpha value is -1.77. The summed E-state index contributed by atoms with van der Waals surface area (Å²) in [5.41, 5.74) is 0.928. The Morgan fingerprint density at radius 2 is 2.00 bits per heavy atom. The first-order valence-corrected chi connectivity index (χ1v) is 4.15. The summed E-state index contributed by atoms with van der Waals surface area (Å²) < 4.78 is 0. The van der Waals surface area contributed by atoms with Crippen LogP contribution in [0, 0.1) is 0 Å². The van der Waals surface area contributed by atoms with E-state index in [1.165, 1.54) is 0 Å². The van der Waals surface area contributed by atoms with Gasteiger partial charge < -0.3 is 10.2 Å². The van der Waals surface area contributed by atoms with E-state index in [0.29, 0.717) is 5.75 Å². The lowest BCUT2D eigenvalue weighted by atomic mass is 10.1. The molecule has 0 bridgehead atoms. The van der Waals surface area contributed by atoms with Crippen LogP contribution in [0.2, 0.25) is 0 Å². The maximum Gasteiger partial charge on any atom is 0.300 e. The van der Waals surface area contributed by atoms with Gasteiger partial charge >= 0.3 is 0 Å². The van der Waals surface area contributed by atoms with Gasteiger partial charge in [-0.3, -0.25) is 4.79 Å². The van der Waals surface area contributed by atoms with Crippen LogP contribution in [-0.2, 0) is 11.2 Å². The van der Waals surface area contributed by atoms with Crippen molar-refractivity contribution in [3.05, 3.63) is 42.5 Å². The zero-order valence-electron chi connectivity index (χ0n) is 8.10. The third-order valence-electron chi connectivity index (χ3n) is 1.36. The third kappa shape index (κ3) is 5.83. The molecular formula is C11H14O3. The number of benzene rings is 1. The highest BCUT2D eigenvalue weighted by Crippen LogP contribution is 2.15. The zero-order valence-corrected chi connectivity index (χ0v) is 8.10. The summed E-state index contributed by atoms with van der Waals surface area (Å²) in [5.74, 6) is -0.484. The lowest BCUT2D eigenvalue weighted by molar-refractivity contribution is -0.134. The number of phenolic OH excluding ortho intramolecular Hbond substituents is 1. The van der Waals surface area contributed by atoms with Crippen molar-refractivity contribution in [3.63, 3.8) is 0 Å². The molecule has 0 unspecified atom stereocenters. The number of hydrogen-bond acceptors (Lipinski definition) is 2. The Bertz CT molecular complexity index is 301. The SMILES string of the molecule is C=CCc1ccccc1O.CC(=O)O. The Morgan fingerprint density at radius 3 is 2.43 bits per heavy atom. The number of phenols is 1. The fraction of sp³-hybridized carbons (Fsp3) is 0.182. The smallest absolute Gasteiger partial charge is 0.300 e. The number of para-hydroxylation sites is 1. The van der Waals surface area contributed by atoms with E-state index >= 15 is 0 Å². The highest BCUT2D eigenvalue weighted by Gasteiger charge is 1.93. The van der Waals surface area contributed by atoms with Crippen LogP contribution in [0.4, 0.5) is 0 Å². The summed E-state index contributed by atoms with van der Waals surface area (Å²) in [6, 6.07) is 7.27. The van der Waals surface area contributed by atoms with Crippen LogP contribution in [0.3, 0.4) is 0 Å². The van der Waals surface area contributed by atoms with Crippen LogP contribution >= 0.6 is 0 Å². The molecule has 14 heavy (non-hydrogen) atoms. The van der Waals surface area contributed by atoms with Gasteiger partial charge in [-0.15, -0.1) is 6.58 Å². The highest BCUT2D eigenvalue weighted by atomic mass is 16.4. The van der Waals surface area contributed by atoms with Crippen molar-refractivity contribution >= 4 is 5.97 Å². The summed E-state index contributed by atoms with van der Waals surface area (Å²) >= 11 is 0. The average molecular weight is 194 g/mol. The van der Waals surface area contributed by atoms with Gasteiger partial charge in [-0.2, -0.15) is 0 Å². The topological polar surface area (TPSA) is 57.5 Å². The Labute approximate surface area is 83.3 Å². The molecule has 0 aliphatic heterocycles. The normalized spacial score (nSPS) is 8.36. The van der Waals surface area contributed by atoms with Crippen molar-refractivity contribution in [1.29, 1.82) is 0 Å². The second kappa shape index (κ2) is 6.71. The van der Waals surface area contributed by atoms with Gasteiger partial charge in [-0.25, -0.2) is 0 Å². The van der Waals surface area contributed by atoms with E-state index < -0.39 is 5.97 Å². The fourth-order valence-electron chi connectivity index (χ4n) is 0.839. The van der Waals surface area contributed by atoms with Crippen molar-refractivity contribution in [2.45, 2.75) is 13.3 Å². The number of allylic oxidation sites excluding steroid dienone is 1. The molecule has 1 aromatic carbocycles. The van der Waals surface area contributed by atoms with E-state index in [4.69, 9.17) is 9.90 Å². The van der Waals surface area contributed by atoms with Crippen LogP contribution in [-0.4, -0.2) is 16.2 Å². The number of hydrogen-bond donors (Lipinski definition) is 2. The van der Waals surface area contributed by atoms with Gasteiger partial charge in [-0.1, -0.05) is 24.3 Å². The standard InChI is InChI=1S/C9H10O.C2H4O2/c1-2-5-8-6-3-4-7-9(8)10;1-2(3)4/h2-4,6-7,10H,1,5H2;1H3,(H,3,4). The Kier molecular flexibility index (Phi) is 5.87. The molecule has 0 aliphatic rings. The maximum atomic E-state index is 9.19. The first-order chi connectivity index (χ1) is 6.57. The number of carbonyl (C=O) groups is 1. The zero-order chi connectivity index (χ0) is 11.0. The summed E-state index contributed by atoms with van der Waals surface area (Å²) in [5, 5.41) is 16.6. The van der Waals surface area contributed by atoms with Gasteiger partial charge in [0.05, 0.1) is 0 Å². The molecule has 0 radical (unpaired) electrons. The Balaban J connectivity index is 0.000000364. The number of rotatable bonds is 2. The van der Waals surface area contributed by atoms with Gasteiger partial charge in [0.15, 0.2) is 0 Å². The molecule has 1 rings (SSSR count). The molecule has 0 atom stereocenters. The molecule has 2 N–H and O–H groups in total. The maximum absolute atomic E-state index is 9.19. The van der Waals surface area contributed by atoms with E-state index in [0.717, 1.165) is 18.9 Å². The summed E-state index contributed by atoms with van der Waals surface area (Å²) in [6.07, 6.45) is 2.50. The minimum Gasteiger partial charge on any atom is -0.508 e. The first-order valence-electron chi connectivity index (χ1n) is 4.15. The number of carboxylic acid groups (broad SMARTS) is 1. The molecule has 0 spiro atoms. The van der Waals surface area contributed by atoms with E-state index in [9.17, 15) is 5.11 Å². The minimum atomic E-state index is -0.833. The molecule has 0 heterocycles. The molecular weight excluding hydrogens is 180 g/mol. The third-order valence-corrected chi connectivity index (χ3v) is 1.36. The Morgan fingerprint density at radius 1 is 1.50 bits per heavy atom. The van der Waals surface area contributed by atoms with Crippen molar-refractivity contribution in [3.8, 4) is 5.75 Å². The quantitative estimate of drug-likeness (QED) is 0.709.